The third kappa shape index (κ3) is 3.51. The van der Waals surface area contributed by atoms with E-state index in [9.17, 15) is 9.59 Å². The lowest BCUT2D eigenvalue weighted by Crippen LogP contribution is -2.37. The van der Waals surface area contributed by atoms with Gasteiger partial charge in [0.15, 0.2) is 0 Å². The number of hydrogen-bond acceptors (Lipinski definition) is 3. The number of nitrogens with zero attached hydrogens (tertiary/aromatic N) is 1. The summed E-state index contributed by atoms with van der Waals surface area (Å²) in [6.45, 7) is 1.04. The maximum absolute atomic E-state index is 12.3. The summed E-state index contributed by atoms with van der Waals surface area (Å²) in [5, 5.41) is 2.64. The number of para-hydroxylation sites is 2. The van der Waals surface area contributed by atoms with Crippen LogP contribution in [0.1, 0.15) is 16.8 Å². The third-order valence-electron chi connectivity index (χ3n) is 3.68. The summed E-state index contributed by atoms with van der Waals surface area (Å²) in [6.07, 6.45) is 0.684. The predicted molar refractivity (Wildman–Crippen MR) is 87.7 cm³/mol. The van der Waals surface area contributed by atoms with Gasteiger partial charge in [-0.05, 0) is 30.7 Å². The molecule has 5 heteroatoms. The lowest BCUT2D eigenvalue weighted by molar-refractivity contribution is -0.117. The van der Waals surface area contributed by atoms with Gasteiger partial charge in [-0.3, -0.25) is 9.59 Å². The first kappa shape index (κ1) is 15.1. The Balaban J connectivity index is 1.65. The fourth-order valence-electron chi connectivity index (χ4n) is 2.56. The Bertz CT molecular complexity index is 700. The van der Waals surface area contributed by atoms with E-state index in [0.29, 0.717) is 30.8 Å². The Labute approximate surface area is 134 Å². The van der Waals surface area contributed by atoms with Crippen LogP contribution in [-0.4, -0.2) is 31.5 Å². The molecule has 1 aliphatic rings. The lowest BCUT2D eigenvalue weighted by Gasteiger charge is -2.22. The molecule has 5 nitrogen and oxygen atoms in total. The molecule has 0 bridgehead atoms. The van der Waals surface area contributed by atoms with Crippen LogP contribution < -0.4 is 15.0 Å². The minimum Gasteiger partial charge on any atom is -0.494 e. The van der Waals surface area contributed by atoms with Gasteiger partial charge < -0.3 is 15.0 Å². The topological polar surface area (TPSA) is 58.6 Å². The molecule has 118 valence electrons. The molecule has 1 aliphatic heterocycles. The number of nitrogens with one attached hydrogen (secondary N) is 1. The van der Waals surface area contributed by atoms with Crippen molar-refractivity contribution in [1.29, 1.82) is 0 Å². The molecule has 23 heavy (non-hydrogen) atoms. The molecule has 0 fully saturated rings. The van der Waals surface area contributed by atoms with Gasteiger partial charge in [-0.2, -0.15) is 0 Å². The zero-order valence-electron chi connectivity index (χ0n) is 12.7. The van der Waals surface area contributed by atoms with Crippen molar-refractivity contribution in [1.82, 2.24) is 5.32 Å². The van der Waals surface area contributed by atoms with Gasteiger partial charge in [0.25, 0.3) is 5.91 Å². The van der Waals surface area contributed by atoms with Gasteiger partial charge in [0.1, 0.15) is 5.75 Å². The van der Waals surface area contributed by atoms with Crippen LogP contribution in [0.2, 0.25) is 0 Å². The van der Waals surface area contributed by atoms with Crippen LogP contribution in [0, 0.1) is 0 Å². The average Bonchev–Trinajstić information content (AvgIpc) is 2.71. The van der Waals surface area contributed by atoms with Gasteiger partial charge in [0.2, 0.25) is 5.91 Å². The summed E-state index contributed by atoms with van der Waals surface area (Å²) in [5.74, 6) is 0.493. The Hall–Kier alpha value is -2.82. The molecule has 0 aromatic heterocycles. The zero-order chi connectivity index (χ0) is 16.1. The number of carbonyl (C=O) groups is 2. The van der Waals surface area contributed by atoms with Crippen molar-refractivity contribution in [2.45, 2.75) is 6.42 Å². The Morgan fingerprint density at radius 3 is 2.57 bits per heavy atom. The molecule has 0 saturated heterocycles. The smallest absolute Gasteiger partial charge is 0.253 e. The van der Waals surface area contributed by atoms with Crippen molar-refractivity contribution in [3.63, 3.8) is 0 Å². The predicted octanol–water partition coefficient (Wildman–Crippen LogP) is 2.23. The summed E-state index contributed by atoms with van der Waals surface area (Å²) in [6, 6.07) is 16.7. The van der Waals surface area contributed by atoms with Crippen LogP contribution >= 0.6 is 0 Å². The average molecular weight is 310 g/mol. The third-order valence-corrected chi connectivity index (χ3v) is 3.68. The van der Waals surface area contributed by atoms with Crippen molar-refractivity contribution in [2.75, 3.05) is 24.6 Å². The van der Waals surface area contributed by atoms with E-state index >= 15 is 0 Å². The molecule has 0 saturated carbocycles. The van der Waals surface area contributed by atoms with Crippen molar-refractivity contribution < 1.29 is 14.3 Å². The maximum atomic E-state index is 12.3. The highest BCUT2D eigenvalue weighted by atomic mass is 16.5. The van der Waals surface area contributed by atoms with Crippen molar-refractivity contribution in [3.05, 3.63) is 60.2 Å². The van der Waals surface area contributed by atoms with E-state index in [1.807, 2.05) is 36.4 Å². The highest BCUT2D eigenvalue weighted by molar-refractivity contribution is 6.09. The Morgan fingerprint density at radius 2 is 1.74 bits per heavy atom. The molecule has 2 aromatic carbocycles. The van der Waals surface area contributed by atoms with Crippen LogP contribution in [0.15, 0.2) is 54.6 Å². The standard InChI is InChI=1S/C18H18N2O3/c21-17-13-19-18(22)15-9-4-5-10-16(15)20(17)11-6-12-23-14-7-2-1-3-8-14/h1-5,7-10H,6,11-13H2,(H,19,22). The van der Waals surface area contributed by atoms with E-state index in [1.165, 1.54) is 0 Å². The van der Waals surface area contributed by atoms with Crippen molar-refractivity contribution in [3.8, 4) is 5.75 Å². The number of benzene rings is 2. The molecular weight excluding hydrogens is 292 g/mol. The number of carbonyl (C=O) groups excluding carboxylic acids is 2. The molecule has 0 atom stereocenters. The summed E-state index contributed by atoms with van der Waals surface area (Å²) < 4.78 is 5.65. The Morgan fingerprint density at radius 1 is 1.00 bits per heavy atom. The normalized spacial score (nSPS) is 14.0. The number of rotatable bonds is 5. The molecule has 0 radical (unpaired) electrons. The number of fused-ring (bicyclic) bond motifs is 1. The largest absolute Gasteiger partial charge is 0.494 e. The number of hydrogen-bond donors (Lipinski definition) is 1. The van der Waals surface area contributed by atoms with Crippen LogP contribution in [0.25, 0.3) is 0 Å². The molecule has 2 amide bonds. The zero-order valence-corrected chi connectivity index (χ0v) is 12.7. The summed E-state index contributed by atoms with van der Waals surface area (Å²) >= 11 is 0. The second-order valence-corrected chi connectivity index (χ2v) is 5.26. The van der Waals surface area contributed by atoms with E-state index in [2.05, 4.69) is 5.32 Å². The first-order valence-corrected chi connectivity index (χ1v) is 7.61. The molecule has 3 rings (SSSR count). The lowest BCUT2D eigenvalue weighted by atomic mass is 10.1. The van der Waals surface area contributed by atoms with E-state index in [4.69, 9.17) is 4.74 Å². The number of ether oxygens (including phenoxy) is 1. The quantitative estimate of drug-likeness (QED) is 0.862. The second kappa shape index (κ2) is 6.96. The van der Waals surface area contributed by atoms with Crippen LogP contribution in [0.5, 0.6) is 5.75 Å². The maximum Gasteiger partial charge on any atom is 0.253 e. The molecule has 1 heterocycles. The van der Waals surface area contributed by atoms with Crippen LogP contribution in [-0.2, 0) is 4.79 Å². The minimum atomic E-state index is -0.211. The number of amides is 2. The van der Waals surface area contributed by atoms with Crippen molar-refractivity contribution >= 4 is 17.5 Å². The van der Waals surface area contributed by atoms with E-state index < -0.39 is 0 Å². The second-order valence-electron chi connectivity index (χ2n) is 5.26. The minimum absolute atomic E-state index is 0.0209. The van der Waals surface area contributed by atoms with Gasteiger partial charge in [-0.25, -0.2) is 0 Å². The summed E-state index contributed by atoms with van der Waals surface area (Å²) in [4.78, 5) is 25.9. The highest BCUT2D eigenvalue weighted by Gasteiger charge is 2.25. The van der Waals surface area contributed by atoms with E-state index in [1.54, 1.807) is 23.1 Å². The molecule has 2 aromatic rings. The highest BCUT2D eigenvalue weighted by Crippen LogP contribution is 2.22. The van der Waals surface area contributed by atoms with E-state index in [-0.39, 0.29) is 18.4 Å². The number of anilines is 1. The van der Waals surface area contributed by atoms with Crippen LogP contribution in [0.3, 0.4) is 0 Å². The molecular formula is C18H18N2O3. The summed E-state index contributed by atoms with van der Waals surface area (Å²) in [5.41, 5.74) is 1.19. The van der Waals surface area contributed by atoms with Gasteiger partial charge in [-0.1, -0.05) is 30.3 Å². The molecule has 0 aliphatic carbocycles. The monoisotopic (exact) mass is 310 g/mol. The molecule has 0 unspecified atom stereocenters. The van der Waals surface area contributed by atoms with E-state index in [0.717, 1.165) is 5.75 Å². The van der Waals surface area contributed by atoms with Gasteiger partial charge >= 0.3 is 0 Å². The first-order valence-electron chi connectivity index (χ1n) is 7.61. The van der Waals surface area contributed by atoms with Gasteiger partial charge in [0.05, 0.1) is 24.4 Å². The Kier molecular flexibility index (Phi) is 4.57. The fourth-order valence-corrected chi connectivity index (χ4v) is 2.56. The summed E-state index contributed by atoms with van der Waals surface area (Å²) in [7, 11) is 0. The molecule has 1 N–H and O–H groups in total. The van der Waals surface area contributed by atoms with Gasteiger partial charge in [0, 0.05) is 6.54 Å². The van der Waals surface area contributed by atoms with Crippen molar-refractivity contribution in [2.24, 2.45) is 0 Å². The SMILES string of the molecule is O=C1NCC(=O)N(CCCOc2ccccc2)c2ccccc21. The molecule has 0 spiro atoms. The first-order chi connectivity index (χ1) is 11.3. The van der Waals surface area contributed by atoms with Gasteiger partial charge in [-0.15, -0.1) is 0 Å². The van der Waals surface area contributed by atoms with Crippen LogP contribution in [0.4, 0.5) is 5.69 Å². The fraction of sp³-hybridized carbons (Fsp3) is 0.222.